The topological polar surface area (TPSA) is 66.5 Å². The Morgan fingerprint density at radius 3 is 2.36 bits per heavy atom. The fraction of sp³-hybridized carbons (Fsp3) is 0.381. The average molecular weight is 510 g/mol. The maximum absolute atomic E-state index is 13.3. The van der Waals surface area contributed by atoms with E-state index in [-0.39, 0.29) is 23.4 Å². The minimum atomic E-state index is -3.84. The van der Waals surface area contributed by atoms with Gasteiger partial charge in [0.1, 0.15) is 6.54 Å². The van der Waals surface area contributed by atoms with Gasteiger partial charge < -0.3 is 5.32 Å². The van der Waals surface area contributed by atoms with E-state index in [9.17, 15) is 13.2 Å². The Hall–Kier alpha value is -1.61. The van der Waals surface area contributed by atoms with Gasteiger partial charge in [0.2, 0.25) is 5.91 Å². The average Bonchev–Trinajstić information content (AvgIpc) is 3.31. The predicted octanol–water partition coefficient (Wildman–Crippen LogP) is 3.79. The summed E-state index contributed by atoms with van der Waals surface area (Å²) in [6.45, 7) is -0.217. The van der Waals surface area contributed by atoms with Crippen molar-refractivity contribution in [2.75, 3.05) is 10.8 Å². The van der Waals surface area contributed by atoms with Crippen molar-refractivity contribution in [3.63, 3.8) is 0 Å². The van der Waals surface area contributed by atoms with Gasteiger partial charge in [-0.05, 0) is 90.1 Å². The van der Waals surface area contributed by atoms with Gasteiger partial charge in [-0.15, -0.1) is 0 Å². The molecule has 148 valence electrons. The van der Waals surface area contributed by atoms with Crippen LogP contribution in [-0.4, -0.2) is 26.9 Å². The lowest BCUT2D eigenvalue weighted by Crippen LogP contribution is -2.46. The summed E-state index contributed by atoms with van der Waals surface area (Å²) in [6.07, 6.45) is 4.63. The van der Waals surface area contributed by atoms with Crippen LogP contribution in [-0.2, 0) is 14.8 Å². The van der Waals surface area contributed by atoms with Gasteiger partial charge in [-0.25, -0.2) is 8.42 Å². The van der Waals surface area contributed by atoms with Gasteiger partial charge in [-0.1, -0.05) is 24.6 Å². The van der Waals surface area contributed by atoms with E-state index >= 15 is 0 Å². The molecular weight excluding hydrogens is 487 g/mol. The highest BCUT2D eigenvalue weighted by Gasteiger charge is 2.40. The van der Waals surface area contributed by atoms with Crippen molar-refractivity contribution in [1.29, 1.82) is 0 Å². The number of halogens is 1. The summed E-state index contributed by atoms with van der Waals surface area (Å²) >= 11 is 2.17. The van der Waals surface area contributed by atoms with E-state index in [0.29, 0.717) is 11.6 Å². The van der Waals surface area contributed by atoms with E-state index in [0.717, 1.165) is 15.9 Å². The number of fused-ring (bicyclic) bond motifs is 2. The Morgan fingerprint density at radius 2 is 1.75 bits per heavy atom. The molecule has 4 rings (SSSR count). The van der Waals surface area contributed by atoms with Crippen LogP contribution in [0.1, 0.15) is 25.7 Å². The lowest BCUT2D eigenvalue weighted by atomic mass is 9.95. The standard InChI is InChI=1S/C21H23IN2O3S/c22-17-8-10-18(11-9-17)24(28(26,27)19-4-2-1-3-5-19)14-21(25)23-20-13-15-6-7-16(20)12-15/h1-5,8-11,15-16,20H,6-7,12-14H2,(H,23,25)/t15-,16-,20-/m0/s1. The van der Waals surface area contributed by atoms with Crippen molar-refractivity contribution in [3.05, 3.63) is 58.2 Å². The summed E-state index contributed by atoms with van der Waals surface area (Å²) in [5, 5.41) is 3.10. The van der Waals surface area contributed by atoms with Crippen LogP contribution in [0.2, 0.25) is 0 Å². The zero-order valence-corrected chi connectivity index (χ0v) is 18.4. The fourth-order valence-electron chi connectivity index (χ4n) is 4.45. The Labute approximate surface area is 179 Å². The summed E-state index contributed by atoms with van der Waals surface area (Å²) in [4.78, 5) is 13.0. The maximum Gasteiger partial charge on any atom is 0.264 e. The Morgan fingerprint density at radius 1 is 1.04 bits per heavy atom. The minimum absolute atomic E-state index is 0.182. The molecule has 0 aromatic heterocycles. The largest absolute Gasteiger partial charge is 0.352 e. The molecule has 2 aromatic rings. The number of rotatable bonds is 6. The molecule has 3 atom stereocenters. The predicted molar refractivity (Wildman–Crippen MR) is 118 cm³/mol. The second-order valence-electron chi connectivity index (χ2n) is 7.65. The van der Waals surface area contributed by atoms with Crippen LogP contribution >= 0.6 is 22.6 Å². The van der Waals surface area contributed by atoms with Gasteiger partial charge in [0.15, 0.2) is 0 Å². The molecule has 28 heavy (non-hydrogen) atoms. The van der Waals surface area contributed by atoms with Crippen LogP contribution < -0.4 is 9.62 Å². The number of hydrogen-bond donors (Lipinski definition) is 1. The number of hydrogen-bond acceptors (Lipinski definition) is 3. The van der Waals surface area contributed by atoms with Gasteiger partial charge in [-0.3, -0.25) is 9.10 Å². The smallest absolute Gasteiger partial charge is 0.264 e. The SMILES string of the molecule is O=C(CN(c1ccc(I)cc1)S(=O)(=O)c1ccccc1)N[C@H]1C[C@H]2CC[C@H]1C2. The van der Waals surface area contributed by atoms with Gasteiger partial charge in [0, 0.05) is 9.61 Å². The first kappa shape index (κ1) is 19.7. The van der Waals surface area contributed by atoms with Crippen molar-refractivity contribution in [2.24, 2.45) is 11.8 Å². The molecule has 2 aliphatic rings. The van der Waals surface area contributed by atoms with Crippen LogP contribution in [0.5, 0.6) is 0 Å². The summed E-state index contributed by atoms with van der Waals surface area (Å²) in [5.41, 5.74) is 0.493. The third-order valence-corrected chi connectivity index (χ3v) is 8.32. The fourth-order valence-corrected chi connectivity index (χ4v) is 6.25. The number of carbonyl (C=O) groups excluding carboxylic acids is 1. The second kappa shape index (κ2) is 8.02. The molecule has 5 nitrogen and oxygen atoms in total. The zero-order valence-electron chi connectivity index (χ0n) is 15.4. The number of carbonyl (C=O) groups is 1. The van der Waals surface area contributed by atoms with E-state index in [1.807, 2.05) is 12.1 Å². The van der Waals surface area contributed by atoms with Crippen molar-refractivity contribution < 1.29 is 13.2 Å². The Kier molecular flexibility index (Phi) is 5.64. The third kappa shape index (κ3) is 4.05. The van der Waals surface area contributed by atoms with Crippen molar-refractivity contribution in [3.8, 4) is 0 Å². The second-order valence-corrected chi connectivity index (χ2v) is 10.8. The quantitative estimate of drug-likeness (QED) is 0.602. The van der Waals surface area contributed by atoms with Crippen LogP contribution in [0.25, 0.3) is 0 Å². The van der Waals surface area contributed by atoms with E-state index in [1.54, 1.807) is 42.5 Å². The number of nitrogens with one attached hydrogen (secondary N) is 1. The monoisotopic (exact) mass is 510 g/mol. The lowest BCUT2D eigenvalue weighted by molar-refractivity contribution is -0.120. The molecule has 7 heteroatoms. The molecule has 0 radical (unpaired) electrons. The molecule has 2 fully saturated rings. The molecule has 2 aliphatic carbocycles. The van der Waals surface area contributed by atoms with Crippen LogP contribution in [0.15, 0.2) is 59.5 Å². The maximum atomic E-state index is 13.3. The summed E-state index contributed by atoms with van der Waals surface area (Å²) in [7, 11) is -3.84. The molecule has 0 saturated heterocycles. The molecule has 2 saturated carbocycles. The summed E-state index contributed by atoms with van der Waals surface area (Å²) in [6, 6.07) is 15.6. The number of amides is 1. The summed E-state index contributed by atoms with van der Waals surface area (Å²) < 4.78 is 28.7. The number of benzene rings is 2. The minimum Gasteiger partial charge on any atom is -0.352 e. The Bertz CT molecular complexity index is 947. The van der Waals surface area contributed by atoms with E-state index in [1.165, 1.54) is 23.6 Å². The molecule has 1 N–H and O–H groups in total. The van der Waals surface area contributed by atoms with Gasteiger partial charge in [0.25, 0.3) is 10.0 Å². The third-order valence-electron chi connectivity index (χ3n) is 5.82. The van der Waals surface area contributed by atoms with Crippen LogP contribution in [0, 0.1) is 15.4 Å². The highest BCUT2D eigenvalue weighted by atomic mass is 127. The first-order valence-corrected chi connectivity index (χ1v) is 12.1. The highest BCUT2D eigenvalue weighted by molar-refractivity contribution is 14.1. The lowest BCUT2D eigenvalue weighted by Gasteiger charge is -2.27. The molecule has 0 unspecified atom stereocenters. The van der Waals surface area contributed by atoms with Crippen LogP contribution in [0.3, 0.4) is 0 Å². The first-order chi connectivity index (χ1) is 13.4. The van der Waals surface area contributed by atoms with Gasteiger partial charge in [-0.2, -0.15) is 0 Å². The van der Waals surface area contributed by atoms with Gasteiger partial charge >= 0.3 is 0 Å². The van der Waals surface area contributed by atoms with E-state index < -0.39 is 10.0 Å². The zero-order chi connectivity index (χ0) is 19.7. The normalized spacial score (nSPS) is 23.5. The Balaban J connectivity index is 1.58. The number of sulfonamides is 1. The van der Waals surface area contributed by atoms with Crippen molar-refractivity contribution >= 4 is 44.2 Å². The molecule has 2 bridgehead atoms. The number of nitrogens with zero attached hydrogens (tertiary/aromatic N) is 1. The van der Waals surface area contributed by atoms with Crippen molar-refractivity contribution in [2.45, 2.75) is 36.6 Å². The van der Waals surface area contributed by atoms with Gasteiger partial charge in [0.05, 0.1) is 10.6 Å². The first-order valence-electron chi connectivity index (χ1n) is 9.56. The molecule has 2 aromatic carbocycles. The molecule has 0 heterocycles. The molecule has 1 amide bonds. The van der Waals surface area contributed by atoms with Crippen LogP contribution in [0.4, 0.5) is 5.69 Å². The molecule has 0 aliphatic heterocycles. The van der Waals surface area contributed by atoms with E-state index in [4.69, 9.17) is 0 Å². The molecule has 0 spiro atoms. The number of anilines is 1. The molecular formula is C21H23IN2O3S. The van der Waals surface area contributed by atoms with Crippen molar-refractivity contribution in [1.82, 2.24) is 5.32 Å². The van der Waals surface area contributed by atoms with E-state index in [2.05, 4.69) is 27.9 Å². The highest BCUT2D eigenvalue weighted by Crippen LogP contribution is 2.44. The summed E-state index contributed by atoms with van der Waals surface area (Å²) in [5.74, 6) is 1.03.